The van der Waals surface area contributed by atoms with Crippen LogP contribution in [0, 0.1) is 17.1 Å². The molecule has 240 valence electrons. The molecule has 8 nitrogen and oxygen atoms in total. The van der Waals surface area contributed by atoms with Crippen molar-refractivity contribution in [2.75, 3.05) is 33.4 Å². The fraction of sp³-hybridized carbons (Fsp3) is 0.441. The lowest BCUT2D eigenvalue weighted by Crippen LogP contribution is -2.54. The lowest BCUT2D eigenvalue weighted by molar-refractivity contribution is -0.127. The topological polar surface area (TPSA) is 119 Å². The number of nitriles is 1. The lowest BCUT2D eigenvalue weighted by atomic mass is 9.71. The molecule has 0 spiro atoms. The fourth-order valence-electron chi connectivity index (χ4n) is 6.03. The molecule has 1 aromatic heterocycles. The minimum atomic E-state index is -2.20. The van der Waals surface area contributed by atoms with Crippen molar-refractivity contribution in [2.45, 2.75) is 62.6 Å². The number of piperidine rings is 1. The van der Waals surface area contributed by atoms with E-state index in [0.29, 0.717) is 35.7 Å². The number of nitrogens with zero attached hydrogens (tertiary/aromatic N) is 3. The number of hydrogen-bond acceptors (Lipinski definition) is 8. The van der Waals surface area contributed by atoms with E-state index in [2.05, 4.69) is 10.3 Å². The minimum absolute atomic E-state index is 0.00378. The van der Waals surface area contributed by atoms with Crippen molar-refractivity contribution >= 4 is 17.9 Å². The van der Waals surface area contributed by atoms with Gasteiger partial charge in [-0.1, -0.05) is 30.7 Å². The zero-order valence-corrected chi connectivity index (χ0v) is 26.3. The Morgan fingerprint density at radius 2 is 1.80 bits per heavy atom. The predicted molar refractivity (Wildman–Crippen MR) is 167 cm³/mol. The van der Waals surface area contributed by atoms with E-state index in [-0.39, 0.29) is 48.1 Å². The van der Waals surface area contributed by atoms with E-state index in [1.165, 1.54) is 61.3 Å². The molecule has 0 saturated carbocycles. The second-order valence-corrected chi connectivity index (χ2v) is 11.9. The average molecular weight is 641 g/mol. The minimum Gasteiger partial charge on any atom is -0.382 e. The second-order valence-electron chi connectivity index (χ2n) is 11.5. The first-order valence-corrected chi connectivity index (χ1v) is 15.4. The Labute approximate surface area is 267 Å². The van der Waals surface area contributed by atoms with Crippen LogP contribution in [-0.4, -0.2) is 65.4 Å². The molecule has 2 aliphatic heterocycles. The van der Waals surface area contributed by atoms with Crippen molar-refractivity contribution in [3.8, 4) is 6.07 Å². The van der Waals surface area contributed by atoms with E-state index in [1.807, 2.05) is 6.07 Å². The third-order valence-corrected chi connectivity index (χ3v) is 8.95. The number of hydrogen-bond donors (Lipinski definition) is 3. The molecule has 2 fully saturated rings. The molecule has 0 radical (unpaired) electrons. The van der Waals surface area contributed by atoms with Crippen LogP contribution in [0.1, 0.15) is 77.3 Å². The van der Waals surface area contributed by atoms with Crippen LogP contribution in [0.25, 0.3) is 0 Å². The molecule has 0 bridgehead atoms. The molecule has 1 unspecified atom stereocenters. The summed E-state index contributed by atoms with van der Waals surface area (Å²) in [6.45, 7) is 4.32. The Bertz CT molecular complexity index is 1480. The number of aliphatic hydroxyl groups is 2. The standard InChI is InChI=1S/C30H31ClF2N4O3.C4H8O/c1-3-29(39,28(33)10-12-35-13-11-28)23-14-21(19-38)27(26(32)15-23)30(40,22-5-7-24(31)8-6-22)37(2)18-25-9-4-20(16-34)17-36-25;1-2-4-5-3-1/h4-9,14-15,17,19,35,39-40H,3,10-13,18H2,1-2H3;1-4H2/t29?,30-;/m1./s1. The number of halogens is 3. The van der Waals surface area contributed by atoms with Crippen LogP contribution in [0.3, 0.4) is 0 Å². The summed E-state index contributed by atoms with van der Waals surface area (Å²) in [5, 5.41) is 36.4. The number of aromatic nitrogens is 1. The molecule has 3 heterocycles. The first kappa shape index (κ1) is 34.6. The Kier molecular flexibility index (Phi) is 11.4. The molecule has 45 heavy (non-hydrogen) atoms. The van der Waals surface area contributed by atoms with E-state index >= 15 is 8.78 Å². The SMILES string of the molecule is C1CCOC1.CCC(O)(c1cc(F)c([C@](O)(c2ccc(Cl)cc2)N(C)Cc2ccc(C#N)cn2)c(C=O)c1)C1(F)CCNCC1. The molecule has 0 amide bonds. The molecule has 2 aliphatic rings. The summed E-state index contributed by atoms with van der Waals surface area (Å²) in [7, 11) is 1.53. The van der Waals surface area contributed by atoms with Gasteiger partial charge in [0.05, 0.1) is 11.3 Å². The molecule has 2 aromatic carbocycles. The molecule has 2 atom stereocenters. The van der Waals surface area contributed by atoms with Gasteiger partial charge in [0.2, 0.25) is 0 Å². The number of aldehydes is 1. The summed E-state index contributed by atoms with van der Waals surface area (Å²) in [4.78, 5) is 18.1. The Morgan fingerprint density at radius 1 is 1.13 bits per heavy atom. The van der Waals surface area contributed by atoms with Crippen molar-refractivity contribution in [2.24, 2.45) is 0 Å². The third kappa shape index (κ3) is 7.25. The number of rotatable bonds is 9. The van der Waals surface area contributed by atoms with Gasteiger partial charge in [-0.15, -0.1) is 0 Å². The van der Waals surface area contributed by atoms with Gasteiger partial charge in [0.25, 0.3) is 0 Å². The van der Waals surface area contributed by atoms with Gasteiger partial charge >= 0.3 is 0 Å². The highest BCUT2D eigenvalue weighted by Gasteiger charge is 2.52. The number of ether oxygens (including phenoxy) is 1. The third-order valence-electron chi connectivity index (χ3n) is 8.70. The number of carbonyl (C=O) groups excluding carboxylic acids is 1. The van der Waals surface area contributed by atoms with E-state index in [9.17, 15) is 15.0 Å². The van der Waals surface area contributed by atoms with Crippen molar-refractivity contribution in [3.05, 3.63) is 99.1 Å². The van der Waals surface area contributed by atoms with Crippen LogP contribution < -0.4 is 5.32 Å². The molecule has 5 rings (SSSR count). The maximum atomic E-state index is 16.2. The van der Waals surface area contributed by atoms with Gasteiger partial charge in [0, 0.05) is 47.7 Å². The molecule has 11 heteroatoms. The molecule has 0 aliphatic carbocycles. The monoisotopic (exact) mass is 640 g/mol. The van der Waals surface area contributed by atoms with Gasteiger partial charge in [0.15, 0.2) is 12.0 Å². The van der Waals surface area contributed by atoms with Crippen LogP contribution >= 0.6 is 11.6 Å². The summed E-state index contributed by atoms with van der Waals surface area (Å²) in [6.07, 6.45) is 4.32. The summed E-state index contributed by atoms with van der Waals surface area (Å²) >= 11 is 6.08. The number of carbonyl (C=O) groups is 1. The average Bonchev–Trinajstić information content (AvgIpc) is 3.65. The van der Waals surface area contributed by atoms with E-state index in [0.717, 1.165) is 19.3 Å². The highest BCUT2D eigenvalue weighted by Crippen LogP contribution is 2.46. The molecular formula is C34H39ClF2N4O4. The smallest absolute Gasteiger partial charge is 0.174 e. The first-order valence-electron chi connectivity index (χ1n) is 15.1. The number of nitrogens with one attached hydrogen (secondary N) is 1. The maximum Gasteiger partial charge on any atom is 0.174 e. The highest BCUT2D eigenvalue weighted by atomic mass is 35.5. The summed E-state index contributed by atoms with van der Waals surface area (Å²) in [5.41, 5.74) is -5.92. The number of benzene rings is 2. The Morgan fingerprint density at radius 3 is 2.31 bits per heavy atom. The predicted octanol–water partition coefficient (Wildman–Crippen LogP) is 5.37. The largest absolute Gasteiger partial charge is 0.382 e. The van der Waals surface area contributed by atoms with Crippen LogP contribution in [0.2, 0.25) is 5.02 Å². The van der Waals surface area contributed by atoms with Crippen LogP contribution in [-0.2, 0) is 22.6 Å². The van der Waals surface area contributed by atoms with Crippen molar-refractivity contribution < 1.29 is 28.5 Å². The number of alkyl halides is 1. The highest BCUT2D eigenvalue weighted by molar-refractivity contribution is 6.30. The van der Waals surface area contributed by atoms with E-state index < -0.39 is 22.8 Å². The van der Waals surface area contributed by atoms with E-state index in [1.54, 1.807) is 19.1 Å². The van der Waals surface area contributed by atoms with Crippen molar-refractivity contribution in [1.29, 1.82) is 5.26 Å². The summed E-state index contributed by atoms with van der Waals surface area (Å²) in [6, 6.07) is 13.5. The van der Waals surface area contributed by atoms with Crippen molar-refractivity contribution in [1.82, 2.24) is 15.2 Å². The van der Waals surface area contributed by atoms with Crippen LogP contribution in [0.15, 0.2) is 54.7 Å². The van der Waals surface area contributed by atoms with E-state index in [4.69, 9.17) is 21.6 Å². The normalized spacial score (nSPS) is 18.6. The zero-order chi connectivity index (χ0) is 32.7. The molecule has 3 aromatic rings. The van der Waals surface area contributed by atoms with Gasteiger partial charge in [-0.25, -0.2) is 8.78 Å². The quantitative estimate of drug-likeness (QED) is 0.211. The van der Waals surface area contributed by atoms with Gasteiger partial charge in [-0.3, -0.25) is 14.7 Å². The van der Waals surface area contributed by atoms with Gasteiger partial charge in [-0.2, -0.15) is 5.26 Å². The molecule has 2 saturated heterocycles. The lowest BCUT2D eigenvalue weighted by Gasteiger charge is -2.44. The number of pyridine rings is 1. The Hall–Kier alpha value is -3.30. The Balaban J connectivity index is 0.000000838. The van der Waals surface area contributed by atoms with Crippen LogP contribution in [0.4, 0.5) is 8.78 Å². The first-order chi connectivity index (χ1) is 21.5. The fourth-order valence-corrected chi connectivity index (χ4v) is 6.16. The van der Waals surface area contributed by atoms with Gasteiger partial charge in [-0.05, 0) is 94.2 Å². The summed E-state index contributed by atoms with van der Waals surface area (Å²) < 4.78 is 37.3. The van der Waals surface area contributed by atoms with Gasteiger partial charge in [0.1, 0.15) is 23.2 Å². The summed E-state index contributed by atoms with van der Waals surface area (Å²) in [5.74, 6) is -0.985. The van der Waals surface area contributed by atoms with Crippen molar-refractivity contribution in [3.63, 3.8) is 0 Å². The molecular weight excluding hydrogens is 602 g/mol. The zero-order valence-electron chi connectivity index (χ0n) is 25.5. The van der Waals surface area contributed by atoms with Crippen LogP contribution in [0.5, 0.6) is 0 Å². The second kappa shape index (κ2) is 14.9. The maximum absolute atomic E-state index is 16.2. The van der Waals surface area contributed by atoms with Gasteiger partial charge < -0.3 is 20.3 Å². The molecule has 3 N–H and O–H groups in total.